The van der Waals surface area contributed by atoms with E-state index in [9.17, 15) is 4.39 Å². The van der Waals surface area contributed by atoms with E-state index in [0.29, 0.717) is 23.7 Å². The minimum absolute atomic E-state index is 0.235. The van der Waals surface area contributed by atoms with Gasteiger partial charge in [0.25, 0.3) is 0 Å². The van der Waals surface area contributed by atoms with Crippen molar-refractivity contribution in [2.24, 2.45) is 0 Å². The summed E-state index contributed by atoms with van der Waals surface area (Å²) >= 11 is 6.80. The highest BCUT2D eigenvalue weighted by molar-refractivity contribution is 9.10. The van der Waals surface area contributed by atoms with Crippen molar-refractivity contribution in [1.29, 1.82) is 0 Å². The van der Waals surface area contributed by atoms with Gasteiger partial charge in [-0.25, -0.2) is 4.39 Å². The molecule has 0 atom stereocenters. The summed E-state index contributed by atoms with van der Waals surface area (Å²) in [6.45, 7) is 0.712. The summed E-state index contributed by atoms with van der Waals surface area (Å²) in [4.78, 5) is 0. The van der Waals surface area contributed by atoms with Crippen LogP contribution in [0.4, 0.5) is 10.1 Å². The molecule has 0 aliphatic carbocycles. The molecule has 0 amide bonds. The number of ether oxygens (including phenoxy) is 2. The Morgan fingerprint density at radius 2 is 1.85 bits per heavy atom. The second kappa shape index (κ2) is 5.61. The Kier molecular flexibility index (Phi) is 3.85. The highest BCUT2D eigenvalue weighted by atomic mass is 79.9. The predicted octanol–water partition coefficient (Wildman–Crippen LogP) is 4.69. The fourth-order valence-corrected chi connectivity index (χ4v) is 2.74. The molecular formula is C14H10Br2FNO2. The van der Waals surface area contributed by atoms with Gasteiger partial charge in [0.1, 0.15) is 5.82 Å². The Hall–Kier alpha value is -1.27. The second-order valence-electron chi connectivity index (χ2n) is 4.27. The minimum atomic E-state index is -0.287. The van der Waals surface area contributed by atoms with Crippen LogP contribution in [0.3, 0.4) is 0 Å². The largest absolute Gasteiger partial charge is 0.454 e. The first kappa shape index (κ1) is 13.7. The molecule has 3 rings (SSSR count). The van der Waals surface area contributed by atoms with Gasteiger partial charge in [0, 0.05) is 15.5 Å². The van der Waals surface area contributed by atoms with Gasteiger partial charge in [-0.1, -0.05) is 31.9 Å². The fourth-order valence-electron chi connectivity index (χ4n) is 1.92. The van der Waals surface area contributed by atoms with E-state index in [-0.39, 0.29) is 12.6 Å². The van der Waals surface area contributed by atoms with E-state index in [1.54, 1.807) is 12.1 Å². The summed E-state index contributed by atoms with van der Waals surface area (Å²) in [7, 11) is 0. The Labute approximate surface area is 132 Å². The SMILES string of the molecule is Fc1ccc(Br)cc1NCc1cc2c(cc1Br)OCO2. The van der Waals surface area contributed by atoms with Crippen LogP contribution in [-0.4, -0.2) is 6.79 Å². The van der Waals surface area contributed by atoms with Crippen molar-refractivity contribution >= 4 is 37.5 Å². The lowest BCUT2D eigenvalue weighted by Crippen LogP contribution is -2.02. The average Bonchev–Trinajstić information content (AvgIpc) is 2.86. The van der Waals surface area contributed by atoms with E-state index < -0.39 is 0 Å². The van der Waals surface area contributed by atoms with Gasteiger partial charge in [0.15, 0.2) is 11.5 Å². The lowest BCUT2D eigenvalue weighted by Gasteiger charge is -2.10. The lowest BCUT2D eigenvalue weighted by atomic mass is 10.2. The number of hydrogen-bond donors (Lipinski definition) is 1. The van der Waals surface area contributed by atoms with Crippen molar-refractivity contribution in [1.82, 2.24) is 0 Å². The van der Waals surface area contributed by atoms with E-state index in [0.717, 1.165) is 14.5 Å². The normalized spacial score (nSPS) is 12.6. The quantitative estimate of drug-likeness (QED) is 0.807. The molecule has 1 heterocycles. The van der Waals surface area contributed by atoms with Crippen molar-refractivity contribution in [3.8, 4) is 11.5 Å². The number of rotatable bonds is 3. The van der Waals surface area contributed by atoms with Gasteiger partial charge < -0.3 is 14.8 Å². The van der Waals surface area contributed by atoms with Crippen LogP contribution >= 0.6 is 31.9 Å². The molecule has 0 aromatic heterocycles. The van der Waals surface area contributed by atoms with Crippen LogP contribution in [0.5, 0.6) is 11.5 Å². The third-order valence-corrected chi connectivity index (χ3v) is 4.17. The van der Waals surface area contributed by atoms with Crippen molar-refractivity contribution in [3.63, 3.8) is 0 Å². The van der Waals surface area contributed by atoms with Crippen molar-refractivity contribution in [2.75, 3.05) is 12.1 Å². The predicted molar refractivity (Wildman–Crippen MR) is 81.7 cm³/mol. The van der Waals surface area contributed by atoms with Crippen LogP contribution in [-0.2, 0) is 6.54 Å². The van der Waals surface area contributed by atoms with Crippen molar-refractivity contribution < 1.29 is 13.9 Å². The zero-order valence-corrected chi connectivity index (χ0v) is 13.4. The Bertz CT molecular complexity index is 664. The van der Waals surface area contributed by atoms with E-state index in [4.69, 9.17) is 9.47 Å². The Morgan fingerprint density at radius 1 is 1.10 bits per heavy atom. The molecule has 1 aliphatic rings. The molecule has 0 fully saturated rings. The summed E-state index contributed by atoms with van der Waals surface area (Å²) in [5.41, 5.74) is 1.41. The number of halogens is 3. The highest BCUT2D eigenvalue weighted by Gasteiger charge is 2.16. The number of anilines is 1. The molecular weight excluding hydrogens is 393 g/mol. The smallest absolute Gasteiger partial charge is 0.231 e. The summed E-state index contributed by atoms with van der Waals surface area (Å²) in [5, 5.41) is 3.07. The van der Waals surface area contributed by atoms with Crippen LogP contribution in [0.25, 0.3) is 0 Å². The maximum Gasteiger partial charge on any atom is 0.231 e. The van der Waals surface area contributed by atoms with Gasteiger partial charge >= 0.3 is 0 Å². The van der Waals surface area contributed by atoms with Gasteiger partial charge in [-0.2, -0.15) is 0 Å². The molecule has 0 saturated heterocycles. The van der Waals surface area contributed by atoms with Gasteiger partial charge in [-0.3, -0.25) is 0 Å². The summed E-state index contributed by atoms with van der Waals surface area (Å²) in [5.74, 6) is 1.14. The molecule has 2 aromatic carbocycles. The molecule has 20 heavy (non-hydrogen) atoms. The van der Waals surface area contributed by atoms with Crippen LogP contribution in [0.15, 0.2) is 39.3 Å². The molecule has 1 aliphatic heterocycles. The first-order valence-electron chi connectivity index (χ1n) is 5.90. The first-order valence-corrected chi connectivity index (χ1v) is 7.49. The van der Waals surface area contributed by atoms with E-state index in [1.807, 2.05) is 12.1 Å². The zero-order valence-electron chi connectivity index (χ0n) is 10.3. The van der Waals surface area contributed by atoms with Gasteiger partial charge in [-0.05, 0) is 35.9 Å². The molecule has 3 nitrogen and oxygen atoms in total. The topological polar surface area (TPSA) is 30.5 Å². The molecule has 1 N–H and O–H groups in total. The molecule has 0 radical (unpaired) electrons. The van der Waals surface area contributed by atoms with E-state index >= 15 is 0 Å². The number of benzene rings is 2. The Morgan fingerprint density at radius 3 is 2.65 bits per heavy atom. The highest BCUT2D eigenvalue weighted by Crippen LogP contribution is 2.37. The fraction of sp³-hybridized carbons (Fsp3) is 0.143. The molecule has 0 spiro atoms. The summed E-state index contributed by atoms with van der Waals surface area (Å²) in [6, 6.07) is 8.53. The number of fused-ring (bicyclic) bond motifs is 1. The molecule has 0 bridgehead atoms. The third kappa shape index (κ3) is 2.76. The monoisotopic (exact) mass is 401 g/mol. The molecule has 0 unspecified atom stereocenters. The number of nitrogens with one attached hydrogen (secondary N) is 1. The van der Waals surface area contributed by atoms with Gasteiger partial charge in [-0.15, -0.1) is 0 Å². The third-order valence-electron chi connectivity index (χ3n) is 2.94. The molecule has 104 valence electrons. The minimum Gasteiger partial charge on any atom is -0.454 e. The zero-order chi connectivity index (χ0) is 14.1. The summed E-state index contributed by atoms with van der Waals surface area (Å²) in [6.07, 6.45) is 0. The van der Waals surface area contributed by atoms with Gasteiger partial charge in [0.2, 0.25) is 6.79 Å². The number of hydrogen-bond acceptors (Lipinski definition) is 3. The molecule has 6 heteroatoms. The van der Waals surface area contributed by atoms with Crippen molar-refractivity contribution in [3.05, 3.63) is 50.7 Å². The first-order chi connectivity index (χ1) is 9.63. The average molecular weight is 403 g/mol. The molecule has 0 saturated carbocycles. The molecule has 2 aromatic rings. The van der Waals surface area contributed by atoms with Crippen LogP contribution in [0.1, 0.15) is 5.56 Å². The maximum atomic E-state index is 13.7. The van der Waals surface area contributed by atoms with E-state index in [1.165, 1.54) is 6.07 Å². The van der Waals surface area contributed by atoms with Crippen molar-refractivity contribution in [2.45, 2.75) is 6.54 Å². The van der Waals surface area contributed by atoms with Gasteiger partial charge in [0.05, 0.1) is 5.69 Å². The standard InChI is InChI=1S/C14H10Br2FNO2/c15-9-1-2-11(17)12(4-9)18-6-8-3-13-14(5-10(8)16)20-7-19-13/h1-5,18H,6-7H2. The summed E-state index contributed by atoms with van der Waals surface area (Å²) < 4.78 is 26.0. The lowest BCUT2D eigenvalue weighted by molar-refractivity contribution is 0.174. The van der Waals surface area contributed by atoms with Crippen LogP contribution in [0, 0.1) is 5.82 Å². The van der Waals surface area contributed by atoms with Crippen LogP contribution < -0.4 is 14.8 Å². The van der Waals surface area contributed by atoms with Crippen LogP contribution in [0.2, 0.25) is 0 Å². The Balaban J connectivity index is 1.80. The second-order valence-corrected chi connectivity index (χ2v) is 6.04. The maximum absolute atomic E-state index is 13.7. The van der Waals surface area contributed by atoms with E-state index in [2.05, 4.69) is 37.2 Å².